The molecule has 2 unspecified atom stereocenters. The molecule has 1 amide bonds. The quantitative estimate of drug-likeness (QED) is 0.0520. The second kappa shape index (κ2) is 21.1. The van der Waals surface area contributed by atoms with Gasteiger partial charge in [0.2, 0.25) is 0 Å². The van der Waals surface area contributed by atoms with Crippen molar-refractivity contribution in [3.63, 3.8) is 0 Å². The number of carbonyl (C=O) groups is 1. The van der Waals surface area contributed by atoms with Crippen molar-refractivity contribution in [1.82, 2.24) is 9.62 Å². The summed E-state index contributed by atoms with van der Waals surface area (Å²) < 4.78 is 138. The maximum absolute atomic E-state index is 14.3. The predicted octanol–water partition coefficient (Wildman–Crippen LogP) is 9.54. The number of likely N-dealkylation sites (tertiary alicyclic amines) is 1. The van der Waals surface area contributed by atoms with Crippen LogP contribution >= 0.6 is 11.8 Å². The molecule has 0 spiro atoms. The van der Waals surface area contributed by atoms with Crippen LogP contribution in [0.4, 0.5) is 37.7 Å². The van der Waals surface area contributed by atoms with Crippen LogP contribution in [0, 0.1) is 5.92 Å². The van der Waals surface area contributed by atoms with Crippen LogP contribution in [0.2, 0.25) is 0 Å². The third kappa shape index (κ3) is 12.1. The molecule has 7 rings (SSSR count). The number of nitrogens with one attached hydrogen (secondary N) is 2. The van der Waals surface area contributed by atoms with E-state index in [0.717, 1.165) is 42.0 Å². The number of rotatable bonds is 17. The van der Waals surface area contributed by atoms with E-state index in [9.17, 15) is 58.2 Å². The summed E-state index contributed by atoms with van der Waals surface area (Å²) in [5.74, 6) is -1.01. The van der Waals surface area contributed by atoms with Gasteiger partial charge in [0.1, 0.15) is 4.90 Å². The molecule has 5 aromatic rings. The van der Waals surface area contributed by atoms with Crippen LogP contribution in [0.15, 0.2) is 136 Å². The molecule has 2 fully saturated rings. The van der Waals surface area contributed by atoms with E-state index < -0.39 is 76.2 Å². The first kappa shape index (κ1) is 51.7. The average molecular weight is 1020 g/mol. The molecule has 0 bridgehead atoms. The molecule has 2 aliphatic rings. The summed E-state index contributed by atoms with van der Waals surface area (Å²) in [6, 6.07) is 28.5. The first-order valence-corrected chi connectivity index (χ1v) is 26.2. The lowest BCUT2D eigenvalue weighted by molar-refractivity contribution is -0.137. The molecule has 0 aliphatic carbocycles. The molecule has 0 radical (unpaired) electrons. The Kier molecular flexibility index (Phi) is 15.8. The van der Waals surface area contributed by atoms with Crippen molar-refractivity contribution < 1.29 is 58.2 Å². The summed E-state index contributed by atoms with van der Waals surface area (Å²) in [7, 11) is -11.1. The average Bonchev–Trinajstić information content (AvgIpc) is 3.68. The number of thioether (sulfide) groups is 1. The van der Waals surface area contributed by atoms with Crippen molar-refractivity contribution in [3.8, 4) is 11.1 Å². The van der Waals surface area contributed by atoms with E-state index in [0.29, 0.717) is 79.6 Å². The molecule has 0 saturated carbocycles. The summed E-state index contributed by atoms with van der Waals surface area (Å²) >= 11 is 1.40. The molecule has 4 N–H and O–H groups in total. The fraction of sp³-hybridized carbons (Fsp3) is 0.367. The minimum Gasteiger partial charge on any atom is -0.395 e. The van der Waals surface area contributed by atoms with Crippen LogP contribution in [0.25, 0.3) is 11.1 Å². The van der Waals surface area contributed by atoms with Crippen LogP contribution in [0.5, 0.6) is 0 Å². The number of benzene rings is 5. The number of anilines is 2. The summed E-state index contributed by atoms with van der Waals surface area (Å²) in [6.45, 7) is 3.92. The standard InChI is InChI=1S/C49H52F6N4O7S3/c1-47(24-7-25-59(47)28-29-60)31-37(32-67-39-8-3-2-4-9-39)56-43-21-20-40(30-44(43)68(63,64)49(53,54)55)69(65,66)57-46(62)35-14-18-38(19-15-35)58-26-22-34(23-27-58)45(61)42-11-6-5-10-41(42)33-12-16-36(17-13-33)48(50,51)52/h2-6,8-21,30,34,37,45,56,60-61H,7,22-29,31-32H2,1H3,(H,57,62)/t37?,45-,47?/m1/s1. The number of halogens is 6. The third-order valence-corrected chi connectivity index (χ3v) is 16.9. The van der Waals surface area contributed by atoms with Gasteiger partial charge >= 0.3 is 11.7 Å². The molecule has 11 nitrogen and oxygen atoms in total. The number of aliphatic hydroxyl groups excluding tert-OH is 2. The lowest BCUT2D eigenvalue weighted by atomic mass is 9.84. The van der Waals surface area contributed by atoms with Gasteiger partial charge in [-0.3, -0.25) is 9.69 Å². The Labute approximate surface area is 401 Å². The molecule has 0 aromatic heterocycles. The van der Waals surface area contributed by atoms with Crippen molar-refractivity contribution in [3.05, 3.63) is 138 Å². The van der Waals surface area contributed by atoms with Crippen LogP contribution in [0.3, 0.4) is 0 Å². The second-order valence-corrected chi connectivity index (χ2v) is 22.2. The first-order valence-electron chi connectivity index (χ1n) is 22.2. The van der Waals surface area contributed by atoms with Gasteiger partial charge in [0.15, 0.2) is 0 Å². The van der Waals surface area contributed by atoms with E-state index in [1.165, 1.54) is 36.0 Å². The molecular weight excluding hydrogens is 967 g/mol. The highest BCUT2D eigenvalue weighted by molar-refractivity contribution is 7.99. The molecule has 2 saturated heterocycles. The Morgan fingerprint density at radius 3 is 2.13 bits per heavy atom. The number of β-amino-alcohol motifs (C(OH)–C–C–N with tert-alkyl or cyclic N) is 1. The predicted molar refractivity (Wildman–Crippen MR) is 253 cm³/mol. The van der Waals surface area contributed by atoms with Crippen LogP contribution in [-0.4, -0.2) is 93.5 Å². The van der Waals surface area contributed by atoms with Crippen molar-refractivity contribution >= 4 is 48.9 Å². The topological polar surface area (TPSA) is 156 Å². The zero-order valence-corrected chi connectivity index (χ0v) is 39.8. The number of carbonyl (C=O) groups excluding carboxylic acids is 1. The van der Waals surface area contributed by atoms with Crippen LogP contribution in [-0.2, 0) is 26.0 Å². The molecule has 2 heterocycles. The van der Waals surface area contributed by atoms with Gasteiger partial charge < -0.3 is 20.4 Å². The number of nitrogens with zero attached hydrogens (tertiary/aromatic N) is 2. The molecule has 69 heavy (non-hydrogen) atoms. The van der Waals surface area contributed by atoms with Gasteiger partial charge in [-0.2, -0.15) is 26.3 Å². The van der Waals surface area contributed by atoms with E-state index in [-0.39, 0.29) is 18.1 Å². The van der Waals surface area contributed by atoms with Crippen molar-refractivity contribution in [2.24, 2.45) is 5.92 Å². The molecule has 5 aromatic carbocycles. The number of sulfonamides is 1. The second-order valence-electron chi connectivity index (χ2n) is 17.5. The van der Waals surface area contributed by atoms with E-state index in [1.54, 1.807) is 36.4 Å². The highest BCUT2D eigenvalue weighted by Crippen LogP contribution is 2.41. The minimum atomic E-state index is -6.14. The van der Waals surface area contributed by atoms with E-state index in [2.05, 4.69) is 10.2 Å². The number of alkyl halides is 6. The molecule has 20 heteroatoms. The van der Waals surface area contributed by atoms with E-state index in [1.807, 2.05) is 46.9 Å². The Morgan fingerprint density at radius 1 is 0.841 bits per heavy atom. The third-order valence-electron chi connectivity index (χ3n) is 12.9. The summed E-state index contributed by atoms with van der Waals surface area (Å²) in [5, 5.41) is 24.2. The SMILES string of the molecule is CC1(CC(CSc2ccccc2)Nc2ccc(S(=O)(=O)NC(=O)c3ccc(N4CCC([C@@H](O)c5ccccc5-c5ccc(C(F)(F)F)cc5)CC4)cc3)cc2S(=O)(=O)C(F)(F)F)CCCN1CCO. The smallest absolute Gasteiger partial charge is 0.395 e. The summed E-state index contributed by atoms with van der Waals surface area (Å²) in [6.07, 6.45) is -2.43. The lowest BCUT2D eigenvalue weighted by Gasteiger charge is -2.38. The number of amides is 1. The van der Waals surface area contributed by atoms with Gasteiger partial charge in [-0.1, -0.05) is 54.6 Å². The number of piperidine rings is 1. The van der Waals surface area contributed by atoms with Gasteiger partial charge in [0.25, 0.3) is 25.8 Å². The van der Waals surface area contributed by atoms with E-state index >= 15 is 0 Å². The fourth-order valence-corrected chi connectivity index (χ4v) is 12.2. The molecule has 2 aliphatic heterocycles. The molecule has 3 atom stereocenters. The van der Waals surface area contributed by atoms with Crippen LogP contribution in [0.1, 0.15) is 66.6 Å². The highest BCUT2D eigenvalue weighted by atomic mass is 32.2. The summed E-state index contributed by atoms with van der Waals surface area (Å²) in [4.78, 5) is 16.1. The van der Waals surface area contributed by atoms with Crippen molar-refractivity contribution in [2.75, 3.05) is 48.8 Å². The molecule has 370 valence electrons. The Morgan fingerprint density at radius 2 is 1.49 bits per heavy atom. The number of hydrogen-bond acceptors (Lipinski definition) is 11. The van der Waals surface area contributed by atoms with Gasteiger partial charge in [-0.05, 0) is 135 Å². The zero-order chi connectivity index (χ0) is 49.8. The normalized spacial score (nSPS) is 18.5. The summed E-state index contributed by atoms with van der Waals surface area (Å²) in [5.41, 5.74) is -5.23. The van der Waals surface area contributed by atoms with Gasteiger partial charge in [-0.25, -0.2) is 21.6 Å². The first-order chi connectivity index (χ1) is 32.6. The molecular formula is C49H52F6N4O7S3. The number of hydrogen-bond donors (Lipinski definition) is 4. The van der Waals surface area contributed by atoms with Gasteiger partial charge in [-0.15, -0.1) is 11.8 Å². The van der Waals surface area contributed by atoms with Crippen molar-refractivity contribution in [2.45, 2.75) is 83.1 Å². The maximum atomic E-state index is 14.3. The number of aliphatic hydroxyl groups is 2. The largest absolute Gasteiger partial charge is 0.501 e. The van der Waals surface area contributed by atoms with Crippen LogP contribution < -0.4 is 14.9 Å². The van der Waals surface area contributed by atoms with Gasteiger partial charge in [0.05, 0.1) is 28.9 Å². The Hall–Kier alpha value is -5.12. The van der Waals surface area contributed by atoms with Gasteiger partial charge in [0, 0.05) is 53.1 Å². The Bertz CT molecular complexity index is 2790. The highest BCUT2D eigenvalue weighted by Gasteiger charge is 2.49. The monoisotopic (exact) mass is 1020 g/mol. The lowest BCUT2D eigenvalue weighted by Crippen LogP contribution is -2.46. The Balaban J connectivity index is 1.04. The fourth-order valence-electron chi connectivity index (χ4n) is 9.21. The number of sulfone groups is 1. The van der Waals surface area contributed by atoms with Crippen molar-refractivity contribution in [1.29, 1.82) is 0 Å². The zero-order valence-electron chi connectivity index (χ0n) is 37.4. The maximum Gasteiger partial charge on any atom is 0.501 e. The van der Waals surface area contributed by atoms with E-state index in [4.69, 9.17) is 0 Å². The minimum absolute atomic E-state index is 0.106.